The molecule has 1 aliphatic heterocycles. The molecule has 1 atom stereocenters. The quantitative estimate of drug-likeness (QED) is 0.672. The van der Waals surface area contributed by atoms with E-state index >= 15 is 0 Å². The van der Waals surface area contributed by atoms with Crippen LogP contribution in [0.3, 0.4) is 0 Å². The highest BCUT2D eigenvalue weighted by Crippen LogP contribution is 2.16. The normalized spacial score (nSPS) is 24.2. The Morgan fingerprint density at radius 1 is 1.69 bits per heavy atom. The van der Waals surface area contributed by atoms with Crippen LogP contribution in [0, 0.1) is 5.92 Å². The lowest BCUT2D eigenvalue weighted by Gasteiger charge is -2.30. The summed E-state index contributed by atoms with van der Waals surface area (Å²) in [6.45, 7) is 8.34. The molecule has 0 spiro atoms. The molecule has 0 radical (unpaired) electrons. The van der Waals surface area contributed by atoms with Gasteiger partial charge in [0.1, 0.15) is 0 Å². The second-order valence-electron chi connectivity index (χ2n) is 3.87. The minimum Gasteiger partial charge on any atom is -0.481 e. The number of nitrogens with zero attached hydrogens (tertiary/aromatic N) is 1. The van der Waals surface area contributed by atoms with E-state index in [2.05, 4.69) is 11.5 Å². The molecule has 0 saturated carbocycles. The van der Waals surface area contributed by atoms with Crippen LogP contribution in [0.2, 0.25) is 0 Å². The molecule has 3 nitrogen and oxygen atoms in total. The van der Waals surface area contributed by atoms with Crippen LogP contribution in [0.1, 0.15) is 19.8 Å². The first kappa shape index (κ1) is 10.3. The van der Waals surface area contributed by atoms with E-state index in [1.54, 1.807) is 0 Å². The van der Waals surface area contributed by atoms with Gasteiger partial charge < -0.3 is 5.11 Å². The third-order valence-corrected chi connectivity index (χ3v) is 2.35. The molecule has 0 bridgehead atoms. The number of carboxylic acids is 1. The summed E-state index contributed by atoms with van der Waals surface area (Å²) < 4.78 is 0. The molecule has 1 N–H and O–H groups in total. The molecule has 1 aliphatic rings. The number of carbonyl (C=O) groups is 1. The Morgan fingerprint density at radius 2 is 2.38 bits per heavy atom. The van der Waals surface area contributed by atoms with Crippen molar-refractivity contribution in [3.63, 3.8) is 0 Å². The van der Waals surface area contributed by atoms with E-state index in [0.717, 1.165) is 31.5 Å². The Morgan fingerprint density at radius 3 is 2.92 bits per heavy atom. The smallest absolute Gasteiger partial charge is 0.307 e. The molecule has 0 aliphatic carbocycles. The Labute approximate surface area is 79.0 Å². The van der Waals surface area contributed by atoms with E-state index in [0.29, 0.717) is 6.54 Å². The fourth-order valence-electron chi connectivity index (χ4n) is 1.78. The zero-order chi connectivity index (χ0) is 9.84. The predicted molar refractivity (Wildman–Crippen MR) is 51.6 cm³/mol. The van der Waals surface area contributed by atoms with Crippen molar-refractivity contribution in [1.82, 2.24) is 4.90 Å². The fourth-order valence-corrected chi connectivity index (χ4v) is 1.78. The van der Waals surface area contributed by atoms with Crippen molar-refractivity contribution in [2.24, 2.45) is 5.92 Å². The molecule has 1 fully saturated rings. The maximum absolute atomic E-state index is 10.7. The Hall–Kier alpha value is -0.830. The summed E-state index contributed by atoms with van der Waals surface area (Å²) in [7, 11) is 0. The Balaban J connectivity index is 2.41. The number of aliphatic carboxylic acids is 1. The van der Waals surface area contributed by atoms with Gasteiger partial charge in [-0.25, -0.2) is 0 Å². The SMILES string of the molecule is C=C(C)CN1CCCC(C(=O)O)C1. The summed E-state index contributed by atoms with van der Waals surface area (Å²) in [6, 6.07) is 0. The molecule has 0 aromatic heterocycles. The van der Waals surface area contributed by atoms with Gasteiger partial charge in [0.15, 0.2) is 0 Å². The van der Waals surface area contributed by atoms with Crippen LogP contribution in [0.15, 0.2) is 12.2 Å². The molecular formula is C10H17NO2. The second-order valence-corrected chi connectivity index (χ2v) is 3.87. The monoisotopic (exact) mass is 183 g/mol. The lowest BCUT2D eigenvalue weighted by Crippen LogP contribution is -2.39. The number of piperidine rings is 1. The molecule has 1 saturated heterocycles. The third-order valence-electron chi connectivity index (χ3n) is 2.35. The summed E-state index contributed by atoms with van der Waals surface area (Å²) in [6.07, 6.45) is 1.81. The van der Waals surface area contributed by atoms with E-state index in [4.69, 9.17) is 5.11 Å². The van der Waals surface area contributed by atoms with Crippen molar-refractivity contribution < 1.29 is 9.90 Å². The maximum Gasteiger partial charge on any atom is 0.307 e. The highest BCUT2D eigenvalue weighted by molar-refractivity contribution is 5.70. The average molecular weight is 183 g/mol. The number of likely N-dealkylation sites (tertiary alicyclic amines) is 1. The minimum atomic E-state index is -0.661. The average Bonchev–Trinajstić information content (AvgIpc) is 2.03. The van der Waals surface area contributed by atoms with E-state index in [-0.39, 0.29) is 5.92 Å². The first-order valence-electron chi connectivity index (χ1n) is 4.69. The standard InChI is InChI=1S/C10H17NO2/c1-8(2)6-11-5-3-4-9(7-11)10(12)13/h9H,1,3-7H2,2H3,(H,12,13). The molecule has 3 heteroatoms. The van der Waals surface area contributed by atoms with Gasteiger partial charge in [0.05, 0.1) is 5.92 Å². The third kappa shape index (κ3) is 3.19. The highest BCUT2D eigenvalue weighted by atomic mass is 16.4. The van der Waals surface area contributed by atoms with Gasteiger partial charge in [0.2, 0.25) is 0 Å². The van der Waals surface area contributed by atoms with Crippen molar-refractivity contribution in [1.29, 1.82) is 0 Å². The highest BCUT2D eigenvalue weighted by Gasteiger charge is 2.24. The van der Waals surface area contributed by atoms with Crippen molar-refractivity contribution in [3.8, 4) is 0 Å². The zero-order valence-corrected chi connectivity index (χ0v) is 8.12. The van der Waals surface area contributed by atoms with Crippen LogP contribution in [0.5, 0.6) is 0 Å². The van der Waals surface area contributed by atoms with Gasteiger partial charge in [-0.3, -0.25) is 9.69 Å². The van der Waals surface area contributed by atoms with Gasteiger partial charge in [-0.15, -0.1) is 0 Å². The lowest BCUT2D eigenvalue weighted by atomic mass is 9.98. The fraction of sp³-hybridized carbons (Fsp3) is 0.700. The zero-order valence-electron chi connectivity index (χ0n) is 8.12. The largest absolute Gasteiger partial charge is 0.481 e. The number of rotatable bonds is 3. The molecule has 74 valence electrons. The second kappa shape index (κ2) is 4.42. The number of hydrogen-bond acceptors (Lipinski definition) is 2. The van der Waals surface area contributed by atoms with E-state index in [9.17, 15) is 4.79 Å². The van der Waals surface area contributed by atoms with Crippen LogP contribution in [-0.2, 0) is 4.79 Å². The van der Waals surface area contributed by atoms with Crippen LogP contribution in [0.25, 0.3) is 0 Å². The van der Waals surface area contributed by atoms with Gasteiger partial charge in [-0.1, -0.05) is 12.2 Å². The minimum absolute atomic E-state index is 0.173. The van der Waals surface area contributed by atoms with E-state index in [1.165, 1.54) is 0 Å². The molecule has 1 unspecified atom stereocenters. The number of hydrogen-bond donors (Lipinski definition) is 1. The van der Waals surface area contributed by atoms with Crippen LogP contribution in [0.4, 0.5) is 0 Å². The summed E-state index contributed by atoms with van der Waals surface area (Å²) in [5.74, 6) is -0.834. The van der Waals surface area contributed by atoms with Crippen molar-refractivity contribution in [2.45, 2.75) is 19.8 Å². The molecule has 13 heavy (non-hydrogen) atoms. The van der Waals surface area contributed by atoms with E-state index in [1.807, 2.05) is 6.92 Å². The first-order valence-corrected chi connectivity index (χ1v) is 4.69. The van der Waals surface area contributed by atoms with Crippen molar-refractivity contribution in [2.75, 3.05) is 19.6 Å². The van der Waals surface area contributed by atoms with Crippen molar-refractivity contribution in [3.05, 3.63) is 12.2 Å². The molecule has 1 rings (SSSR count). The number of carboxylic acid groups (broad SMARTS) is 1. The van der Waals surface area contributed by atoms with Crippen LogP contribution in [-0.4, -0.2) is 35.6 Å². The first-order chi connectivity index (χ1) is 6.09. The van der Waals surface area contributed by atoms with Crippen LogP contribution >= 0.6 is 0 Å². The molecule has 0 amide bonds. The van der Waals surface area contributed by atoms with E-state index < -0.39 is 5.97 Å². The van der Waals surface area contributed by atoms with Crippen molar-refractivity contribution >= 4 is 5.97 Å². The topological polar surface area (TPSA) is 40.5 Å². The van der Waals surface area contributed by atoms with Crippen LogP contribution < -0.4 is 0 Å². The summed E-state index contributed by atoms with van der Waals surface area (Å²) >= 11 is 0. The van der Waals surface area contributed by atoms with Gasteiger partial charge in [0.25, 0.3) is 0 Å². The molecular weight excluding hydrogens is 166 g/mol. The Kier molecular flexibility index (Phi) is 3.48. The summed E-state index contributed by atoms with van der Waals surface area (Å²) in [4.78, 5) is 12.9. The molecule has 1 heterocycles. The van der Waals surface area contributed by atoms with Gasteiger partial charge in [-0.05, 0) is 26.3 Å². The Bertz CT molecular complexity index is 213. The van der Waals surface area contributed by atoms with Gasteiger partial charge in [0, 0.05) is 13.1 Å². The lowest BCUT2D eigenvalue weighted by molar-refractivity contribution is -0.143. The van der Waals surface area contributed by atoms with Gasteiger partial charge >= 0.3 is 5.97 Å². The summed E-state index contributed by atoms with van der Waals surface area (Å²) in [5.41, 5.74) is 1.10. The van der Waals surface area contributed by atoms with Gasteiger partial charge in [-0.2, -0.15) is 0 Å². The predicted octanol–water partition coefficient (Wildman–Crippen LogP) is 1.36. The molecule has 0 aromatic rings. The summed E-state index contributed by atoms with van der Waals surface area (Å²) in [5, 5.41) is 8.84. The molecule has 0 aromatic carbocycles. The maximum atomic E-state index is 10.7.